The topological polar surface area (TPSA) is 45.3 Å². The fraction of sp³-hybridized carbons (Fsp3) is 0.581. The van der Waals surface area contributed by atoms with Crippen LogP contribution in [0.1, 0.15) is 126 Å². The zero-order chi connectivity index (χ0) is 25.7. The summed E-state index contributed by atoms with van der Waals surface area (Å²) in [7, 11) is 0. The first-order valence-corrected chi connectivity index (χ1v) is 14.3. The Bertz CT molecular complexity index is 849. The fourth-order valence-corrected chi connectivity index (χ4v) is 4.38. The molecule has 198 valence electrons. The molecule has 2 aromatic rings. The maximum Gasteiger partial charge on any atom is 0.271 e. The molecule has 1 aromatic carbocycles. The van der Waals surface area contributed by atoms with Crippen molar-refractivity contribution < 1.29 is 13.8 Å². The van der Waals surface area contributed by atoms with Crippen LogP contribution in [0.5, 0.6) is 0 Å². The van der Waals surface area contributed by atoms with Gasteiger partial charge in [0.25, 0.3) is 5.91 Å². The van der Waals surface area contributed by atoms with Crippen LogP contribution in [0.2, 0.25) is 0 Å². The van der Waals surface area contributed by atoms with Gasteiger partial charge in [0.1, 0.15) is 12.4 Å². The van der Waals surface area contributed by atoms with E-state index in [4.69, 9.17) is 0 Å². The predicted octanol–water partition coefficient (Wildman–Crippen LogP) is 8.14. The van der Waals surface area contributed by atoms with Crippen molar-refractivity contribution in [1.82, 2.24) is 5.43 Å². The number of carbonyl (C=O) groups is 1. The summed E-state index contributed by atoms with van der Waals surface area (Å²) >= 11 is 0. The minimum absolute atomic E-state index is 0.261. The minimum atomic E-state index is -0.298. The number of halogens is 1. The number of hydrazone groups is 1. The molecule has 0 aliphatic carbocycles. The van der Waals surface area contributed by atoms with E-state index in [9.17, 15) is 9.18 Å². The molecular weight excluding hydrogens is 449 g/mol. The van der Waals surface area contributed by atoms with Crippen molar-refractivity contribution >= 4 is 12.1 Å². The van der Waals surface area contributed by atoms with E-state index in [1.54, 1.807) is 12.1 Å². The Morgan fingerprint density at radius 2 is 1.22 bits per heavy atom. The molecule has 0 unspecified atom stereocenters. The Morgan fingerprint density at radius 1 is 0.750 bits per heavy atom. The summed E-state index contributed by atoms with van der Waals surface area (Å²) in [5.41, 5.74) is 3.80. The van der Waals surface area contributed by atoms with Gasteiger partial charge in [0.15, 0.2) is 12.4 Å². The van der Waals surface area contributed by atoms with Gasteiger partial charge in [-0.15, -0.1) is 0 Å². The Labute approximate surface area is 218 Å². The molecule has 1 aromatic heterocycles. The lowest BCUT2D eigenvalue weighted by Crippen LogP contribution is -2.33. The predicted molar refractivity (Wildman–Crippen MR) is 148 cm³/mol. The summed E-state index contributed by atoms with van der Waals surface area (Å²) in [5.74, 6) is -0.559. The number of aromatic nitrogens is 1. The molecule has 0 saturated heterocycles. The van der Waals surface area contributed by atoms with E-state index >= 15 is 0 Å². The molecule has 0 radical (unpaired) electrons. The fourth-order valence-electron chi connectivity index (χ4n) is 4.38. The SMILES string of the molecule is CCCCCCCCCCCCCCCCCC[n+]1ccc(C(=O)NN=Cc2ccc(F)cc2)cc1. The van der Waals surface area contributed by atoms with Gasteiger partial charge in [0.2, 0.25) is 0 Å². The lowest BCUT2D eigenvalue weighted by Gasteiger charge is -2.03. The summed E-state index contributed by atoms with van der Waals surface area (Å²) < 4.78 is 15.0. The van der Waals surface area contributed by atoms with Crippen molar-refractivity contribution in [2.24, 2.45) is 5.10 Å². The van der Waals surface area contributed by atoms with Gasteiger partial charge in [0, 0.05) is 18.6 Å². The normalized spacial score (nSPS) is 11.3. The zero-order valence-corrected chi connectivity index (χ0v) is 22.4. The van der Waals surface area contributed by atoms with Gasteiger partial charge in [0.05, 0.1) is 11.8 Å². The van der Waals surface area contributed by atoms with Crippen LogP contribution in [0.25, 0.3) is 0 Å². The first kappa shape index (κ1) is 29.7. The summed E-state index contributed by atoms with van der Waals surface area (Å²) in [6.45, 7) is 3.26. The standard InChI is InChI=1S/C31H46FN3O/c1-2-3-4-5-6-7-8-9-10-11-12-13-14-15-16-17-24-35-25-22-29(23-26-35)31(36)34-33-27-28-18-20-30(32)21-19-28/h18-23,25-27H,2-17,24H2,1H3/p+1. The van der Waals surface area contributed by atoms with Gasteiger partial charge in [-0.05, 0) is 24.1 Å². The third-order valence-electron chi connectivity index (χ3n) is 6.67. The molecule has 4 nitrogen and oxygen atoms in total. The number of carbonyl (C=O) groups excluding carboxylic acids is 1. The summed E-state index contributed by atoms with van der Waals surface area (Å²) in [6, 6.07) is 9.56. The zero-order valence-electron chi connectivity index (χ0n) is 22.4. The monoisotopic (exact) mass is 496 g/mol. The quantitative estimate of drug-likeness (QED) is 0.0855. The van der Waals surface area contributed by atoms with Crippen LogP contribution in [-0.2, 0) is 6.54 Å². The van der Waals surface area contributed by atoms with Crippen LogP contribution >= 0.6 is 0 Å². The first-order chi connectivity index (χ1) is 17.7. The number of nitrogens with zero attached hydrogens (tertiary/aromatic N) is 2. The molecule has 0 atom stereocenters. The smallest absolute Gasteiger partial charge is 0.267 e. The summed E-state index contributed by atoms with van der Waals surface area (Å²) in [5, 5.41) is 3.94. The minimum Gasteiger partial charge on any atom is -0.267 e. The third-order valence-corrected chi connectivity index (χ3v) is 6.67. The van der Waals surface area contributed by atoms with Crippen LogP contribution in [0.15, 0.2) is 53.9 Å². The highest BCUT2D eigenvalue weighted by atomic mass is 19.1. The largest absolute Gasteiger partial charge is 0.271 e. The van der Waals surface area contributed by atoms with Crippen LogP contribution in [0.3, 0.4) is 0 Å². The van der Waals surface area contributed by atoms with E-state index in [2.05, 4.69) is 22.0 Å². The highest BCUT2D eigenvalue weighted by molar-refractivity contribution is 5.94. The van der Waals surface area contributed by atoms with Gasteiger partial charge in [-0.25, -0.2) is 14.4 Å². The average Bonchev–Trinajstić information content (AvgIpc) is 2.90. The van der Waals surface area contributed by atoms with Gasteiger partial charge in [-0.3, -0.25) is 4.79 Å². The summed E-state index contributed by atoms with van der Waals surface area (Å²) in [6.07, 6.45) is 27.4. The van der Waals surface area contributed by atoms with Crippen LogP contribution in [0, 0.1) is 5.82 Å². The maximum absolute atomic E-state index is 12.9. The molecule has 0 saturated carbocycles. The number of aryl methyl sites for hydroxylation is 1. The number of hydrogen-bond acceptors (Lipinski definition) is 2. The van der Waals surface area contributed by atoms with Crippen LogP contribution in [0.4, 0.5) is 4.39 Å². The second-order valence-corrected chi connectivity index (χ2v) is 9.88. The van der Waals surface area contributed by atoms with E-state index in [1.807, 2.05) is 24.5 Å². The Morgan fingerprint density at radius 3 is 1.72 bits per heavy atom. The van der Waals surface area contributed by atoms with Gasteiger partial charge in [-0.1, -0.05) is 109 Å². The second-order valence-electron chi connectivity index (χ2n) is 9.88. The van der Waals surface area contributed by atoms with Crippen molar-refractivity contribution in [2.45, 2.75) is 116 Å². The number of benzene rings is 1. The van der Waals surface area contributed by atoms with Gasteiger partial charge >= 0.3 is 0 Å². The molecular formula is C31H47FN3O+. The number of rotatable bonds is 20. The average molecular weight is 497 g/mol. The second kappa shape index (κ2) is 19.6. The Hall–Kier alpha value is -2.56. The first-order valence-electron chi connectivity index (χ1n) is 14.3. The highest BCUT2D eigenvalue weighted by Crippen LogP contribution is 2.13. The molecule has 0 fully saturated rings. The van der Waals surface area contributed by atoms with Gasteiger partial charge in [-0.2, -0.15) is 5.10 Å². The molecule has 0 aliphatic heterocycles. The van der Waals surface area contributed by atoms with Crippen molar-refractivity contribution in [3.8, 4) is 0 Å². The molecule has 0 bridgehead atoms. The molecule has 1 amide bonds. The molecule has 0 spiro atoms. The van der Waals surface area contributed by atoms with Gasteiger partial charge < -0.3 is 0 Å². The molecule has 2 rings (SSSR count). The van der Waals surface area contributed by atoms with Crippen LogP contribution < -0.4 is 9.99 Å². The summed E-state index contributed by atoms with van der Waals surface area (Å²) in [4.78, 5) is 12.2. The van der Waals surface area contributed by atoms with Crippen molar-refractivity contribution in [2.75, 3.05) is 0 Å². The number of amides is 1. The van der Waals surface area contributed by atoms with Crippen molar-refractivity contribution in [3.05, 3.63) is 65.7 Å². The van der Waals surface area contributed by atoms with E-state index in [0.29, 0.717) is 5.56 Å². The number of hydrogen-bond donors (Lipinski definition) is 1. The molecule has 36 heavy (non-hydrogen) atoms. The third kappa shape index (κ3) is 14.1. The molecule has 5 heteroatoms. The van der Waals surface area contributed by atoms with E-state index in [1.165, 1.54) is 115 Å². The number of pyridine rings is 1. The number of unbranched alkanes of at least 4 members (excludes halogenated alkanes) is 15. The van der Waals surface area contributed by atoms with E-state index < -0.39 is 0 Å². The lowest BCUT2D eigenvalue weighted by molar-refractivity contribution is -0.697. The highest BCUT2D eigenvalue weighted by Gasteiger charge is 2.07. The molecule has 0 aliphatic rings. The Balaban J connectivity index is 1.44. The number of nitrogens with one attached hydrogen (secondary N) is 1. The molecule has 1 N–H and O–H groups in total. The van der Waals surface area contributed by atoms with E-state index in [0.717, 1.165) is 18.5 Å². The Kier molecular flexibility index (Phi) is 16.2. The van der Waals surface area contributed by atoms with Crippen molar-refractivity contribution in [1.29, 1.82) is 0 Å². The maximum atomic E-state index is 12.9. The van der Waals surface area contributed by atoms with E-state index in [-0.39, 0.29) is 11.7 Å². The lowest BCUT2D eigenvalue weighted by atomic mass is 10.0. The van der Waals surface area contributed by atoms with Crippen LogP contribution in [-0.4, -0.2) is 12.1 Å². The van der Waals surface area contributed by atoms with Crippen molar-refractivity contribution in [3.63, 3.8) is 0 Å². The molecule has 1 heterocycles.